The van der Waals surface area contributed by atoms with Gasteiger partial charge in [0.2, 0.25) is 0 Å². The lowest BCUT2D eigenvalue weighted by molar-refractivity contribution is 1.28. The predicted octanol–water partition coefficient (Wildman–Crippen LogP) is 7.88. The Morgan fingerprint density at radius 2 is 1.10 bits per heavy atom. The first kappa shape index (κ1) is 18.8. The number of pyridine rings is 1. The van der Waals surface area contributed by atoms with Gasteiger partial charge in [0.05, 0.1) is 5.52 Å². The minimum atomic E-state index is 1.02. The zero-order valence-electron chi connectivity index (χ0n) is 17.1. The highest BCUT2D eigenvalue weighted by Crippen LogP contribution is 2.34. The van der Waals surface area contributed by atoms with Crippen molar-refractivity contribution in [2.24, 2.45) is 0 Å². The zero-order valence-corrected chi connectivity index (χ0v) is 17.1. The number of aromatic nitrogens is 1. The number of rotatable bonds is 5. The Bertz CT molecular complexity index is 1260. The van der Waals surface area contributed by atoms with Gasteiger partial charge in [-0.3, -0.25) is 4.98 Å². The van der Waals surface area contributed by atoms with Crippen LogP contribution in [0, 0.1) is 0 Å². The summed E-state index contributed by atoms with van der Waals surface area (Å²) in [5.41, 5.74) is 6.75. The van der Waals surface area contributed by atoms with E-state index in [-0.39, 0.29) is 0 Å². The molecule has 0 aliphatic heterocycles. The van der Waals surface area contributed by atoms with Crippen molar-refractivity contribution in [2.75, 3.05) is 4.90 Å². The molecule has 5 rings (SSSR count). The van der Waals surface area contributed by atoms with E-state index < -0.39 is 0 Å². The van der Waals surface area contributed by atoms with Gasteiger partial charge in [-0.1, -0.05) is 78.9 Å². The van der Waals surface area contributed by atoms with Crippen LogP contribution < -0.4 is 4.90 Å². The van der Waals surface area contributed by atoms with Crippen LogP contribution in [0.1, 0.15) is 11.1 Å². The van der Waals surface area contributed by atoms with Crippen molar-refractivity contribution in [3.63, 3.8) is 0 Å². The van der Waals surface area contributed by atoms with Crippen molar-refractivity contribution in [1.29, 1.82) is 0 Å². The second-order valence-corrected chi connectivity index (χ2v) is 7.35. The van der Waals surface area contributed by atoms with E-state index in [0.717, 1.165) is 33.5 Å². The Morgan fingerprint density at radius 3 is 1.77 bits per heavy atom. The van der Waals surface area contributed by atoms with Gasteiger partial charge in [0.25, 0.3) is 0 Å². The molecule has 0 radical (unpaired) electrons. The third-order valence-electron chi connectivity index (χ3n) is 5.32. The third kappa shape index (κ3) is 4.10. The smallest absolute Gasteiger partial charge is 0.0707 e. The van der Waals surface area contributed by atoms with Gasteiger partial charge in [0.15, 0.2) is 0 Å². The van der Waals surface area contributed by atoms with Crippen LogP contribution in [0.4, 0.5) is 17.1 Å². The first-order valence-corrected chi connectivity index (χ1v) is 10.4. The lowest BCUT2D eigenvalue weighted by Crippen LogP contribution is -2.09. The first-order chi connectivity index (χ1) is 15.4. The molecule has 0 amide bonds. The summed E-state index contributed by atoms with van der Waals surface area (Å²) >= 11 is 0. The molecular formula is C29H22N2. The molecule has 0 bridgehead atoms. The SMILES string of the molecule is C(=C\c1ccnc2ccccc12)/c1ccc(N(c2ccccc2)c2ccccc2)cc1. The topological polar surface area (TPSA) is 16.1 Å². The second-order valence-electron chi connectivity index (χ2n) is 7.35. The summed E-state index contributed by atoms with van der Waals surface area (Å²) in [5, 5.41) is 1.16. The zero-order chi connectivity index (χ0) is 20.9. The summed E-state index contributed by atoms with van der Waals surface area (Å²) < 4.78 is 0. The van der Waals surface area contributed by atoms with Crippen LogP contribution in [0.15, 0.2) is 121 Å². The van der Waals surface area contributed by atoms with Crippen molar-refractivity contribution in [3.05, 3.63) is 133 Å². The third-order valence-corrected chi connectivity index (χ3v) is 5.32. The van der Waals surface area contributed by atoms with Gasteiger partial charge in [-0.2, -0.15) is 0 Å². The highest BCUT2D eigenvalue weighted by atomic mass is 15.1. The molecule has 0 unspecified atom stereocenters. The van der Waals surface area contributed by atoms with Gasteiger partial charge in [0.1, 0.15) is 0 Å². The van der Waals surface area contributed by atoms with Crippen LogP contribution in [-0.4, -0.2) is 4.98 Å². The van der Waals surface area contributed by atoms with E-state index in [1.165, 1.54) is 5.56 Å². The summed E-state index contributed by atoms with van der Waals surface area (Å²) in [7, 11) is 0. The molecule has 2 heteroatoms. The summed E-state index contributed by atoms with van der Waals surface area (Å²) in [6.07, 6.45) is 6.18. The van der Waals surface area contributed by atoms with Gasteiger partial charge in [-0.05, 0) is 59.7 Å². The Balaban J connectivity index is 1.46. The van der Waals surface area contributed by atoms with Crippen LogP contribution in [0.25, 0.3) is 23.1 Å². The maximum Gasteiger partial charge on any atom is 0.0707 e. The van der Waals surface area contributed by atoms with Gasteiger partial charge < -0.3 is 4.90 Å². The van der Waals surface area contributed by atoms with E-state index >= 15 is 0 Å². The van der Waals surface area contributed by atoms with Gasteiger partial charge in [-0.25, -0.2) is 0 Å². The average Bonchev–Trinajstić information content (AvgIpc) is 2.85. The van der Waals surface area contributed by atoms with Crippen LogP contribution in [0.2, 0.25) is 0 Å². The minimum Gasteiger partial charge on any atom is -0.311 e. The molecule has 148 valence electrons. The fourth-order valence-electron chi connectivity index (χ4n) is 3.79. The van der Waals surface area contributed by atoms with Crippen molar-refractivity contribution in [2.45, 2.75) is 0 Å². The molecule has 4 aromatic carbocycles. The molecule has 31 heavy (non-hydrogen) atoms. The summed E-state index contributed by atoms with van der Waals surface area (Å²) in [5.74, 6) is 0. The van der Waals surface area contributed by atoms with Gasteiger partial charge in [-0.15, -0.1) is 0 Å². The maximum atomic E-state index is 4.45. The predicted molar refractivity (Wildman–Crippen MR) is 132 cm³/mol. The van der Waals surface area contributed by atoms with E-state index in [2.05, 4.69) is 113 Å². The fraction of sp³-hybridized carbons (Fsp3) is 0. The molecule has 2 nitrogen and oxygen atoms in total. The molecule has 0 N–H and O–H groups in total. The Labute approximate surface area is 182 Å². The van der Waals surface area contributed by atoms with Crippen LogP contribution in [0.3, 0.4) is 0 Å². The van der Waals surface area contributed by atoms with Crippen molar-refractivity contribution >= 4 is 40.1 Å². The summed E-state index contributed by atoms with van der Waals surface area (Å²) in [6, 6.07) is 39.9. The van der Waals surface area contributed by atoms with Crippen molar-refractivity contribution in [1.82, 2.24) is 4.98 Å². The van der Waals surface area contributed by atoms with E-state index in [9.17, 15) is 0 Å². The monoisotopic (exact) mass is 398 g/mol. The molecule has 0 spiro atoms. The normalized spacial score (nSPS) is 11.1. The number of fused-ring (bicyclic) bond motifs is 1. The molecule has 5 aromatic rings. The number of nitrogens with zero attached hydrogens (tertiary/aromatic N) is 2. The van der Waals surface area contributed by atoms with E-state index in [4.69, 9.17) is 0 Å². The average molecular weight is 399 g/mol. The first-order valence-electron chi connectivity index (χ1n) is 10.4. The molecule has 0 aliphatic rings. The number of hydrogen-bond donors (Lipinski definition) is 0. The standard InChI is InChI=1S/C29H22N2/c1-3-9-25(10-4-1)31(26-11-5-2-6-12-26)27-19-16-23(17-20-27)15-18-24-21-22-30-29-14-8-7-13-28(24)29/h1-22H/b18-15+. The molecule has 1 heterocycles. The van der Waals surface area contributed by atoms with Crippen LogP contribution in [-0.2, 0) is 0 Å². The lowest BCUT2D eigenvalue weighted by atomic mass is 10.1. The Hall–Kier alpha value is -4.17. The summed E-state index contributed by atoms with van der Waals surface area (Å²) in [6.45, 7) is 0. The number of para-hydroxylation sites is 3. The van der Waals surface area contributed by atoms with Crippen molar-refractivity contribution in [3.8, 4) is 0 Å². The number of benzene rings is 4. The largest absolute Gasteiger partial charge is 0.311 e. The minimum absolute atomic E-state index is 1.02. The Kier molecular flexibility index (Phi) is 5.27. The molecule has 0 aliphatic carbocycles. The van der Waals surface area contributed by atoms with Crippen LogP contribution in [0.5, 0.6) is 0 Å². The quantitative estimate of drug-likeness (QED) is 0.299. The van der Waals surface area contributed by atoms with Crippen molar-refractivity contribution < 1.29 is 0 Å². The molecule has 1 aromatic heterocycles. The molecule has 0 saturated heterocycles. The molecule has 0 fully saturated rings. The highest BCUT2D eigenvalue weighted by molar-refractivity contribution is 5.90. The Morgan fingerprint density at radius 1 is 0.516 bits per heavy atom. The fourth-order valence-corrected chi connectivity index (χ4v) is 3.79. The van der Waals surface area contributed by atoms with E-state index in [0.29, 0.717) is 0 Å². The van der Waals surface area contributed by atoms with Gasteiger partial charge in [0, 0.05) is 28.6 Å². The van der Waals surface area contributed by atoms with E-state index in [1.807, 2.05) is 30.5 Å². The van der Waals surface area contributed by atoms with Gasteiger partial charge >= 0.3 is 0 Å². The summed E-state index contributed by atoms with van der Waals surface area (Å²) in [4.78, 5) is 6.71. The number of hydrogen-bond acceptors (Lipinski definition) is 2. The number of anilines is 3. The highest BCUT2D eigenvalue weighted by Gasteiger charge is 2.11. The maximum absolute atomic E-state index is 4.45. The second kappa shape index (κ2) is 8.68. The lowest BCUT2D eigenvalue weighted by Gasteiger charge is -2.25. The molecular weight excluding hydrogens is 376 g/mol. The van der Waals surface area contributed by atoms with Crippen LogP contribution >= 0.6 is 0 Å². The molecule has 0 atom stereocenters. The van der Waals surface area contributed by atoms with E-state index in [1.54, 1.807) is 0 Å². The molecule has 0 saturated carbocycles.